The number of carbonyl (C=O) groups is 1. The van der Waals surface area contributed by atoms with Gasteiger partial charge in [0.2, 0.25) is 5.76 Å². The third kappa shape index (κ3) is 3.45. The van der Waals surface area contributed by atoms with Crippen LogP contribution >= 0.6 is 11.6 Å². The van der Waals surface area contributed by atoms with Gasteiger partial charge in [-0.25, -0.2) is 0 Å². The molecule has 3 heterocycles. The van der Waals surface area contributed by atoms with E-state index in [1.807, 2.05) is 0 Å². The van der Waals surface area contributed by atoms with Crippen molar-refractivity contribution in [1.82, 2.24) is 4.90 Å². The molecular weight excluding hydrogens is 446 g/mol. The van der Waals surface area contributed by atoms with Crippen LogP contribution in [0, 0.1) is 6.92 Å². The monoisotopic (exact) mass is 465 g/mol. The van der Waals surface area contributed by atoms with Crippen LogP contribution in [0.1, 0.15) is 46.0 Å². The second-order valence-corrected chi connectivity index (χ2v) is 8.25. The second-order valence-electron chi connectivity index (χ2n) is 7.85. The van der Waals surface area contributed by atoms with Crippen LogP contribution in [0.5, 0.6) is 11.5 Å². The molecular formula is C25H20ClNO6. The molecule has 0 saturated heterocycles. The SMILES string of the molecule is CCOc1cc([C@H]2c3c(oc4cc(C)c(Cl)cc4c3=O)C(=O)N2Cc2ccco2)ccc1O. The Morgan fingerprint density at radius 3 is 2.73 bits per heavy atom. The van der Waals surface area contributed by atoms with E-state index in [2.05, 4.69) is 0 Å². The van der Waals surface area contributed by atoms with Crippen molar-refractivity contribution >= 4 is 28.5 Å². The number of halogens is 1. The van der Waals surface area contributed by atoms with Crippen molar-refractivity contribution in [2.24, 2.45) is 0 Å². The molecule has 8 heteroatoms. The largest absolute Gasteiger partial charge is 0.504 e. The van der Waals surface area contributed by atoms with E-state index in [0.29, 0.717) is 33.9 Å². The normalized spacial score (nSPS) is 15.3. The van der Waals surface area contributed by atoms with E-state index >= 15 is 0 Å². The number of hydrogen-bond acceptors (Lipinski definition) is 6. The molecule has 7 nitrogen and oxygen atoms in total. The summed E-state index contributed by atoms with van der Waals surface area (Å²) in [5.74, 6) is 0.343. The highest BCUT2D eigenvalue weighted by Crippen LogP contribution is 2.41. The highest BCUT2D eigenvalue weighted by Gasteiger charge is 2.43. The standard InChI is InChI=1S/C25H20ClNO6/c1-3-31-20-10-14(6-7-18(20)28)22-21-23(29)16-11-17(26)13(2)9-19(16)33-24(21)25(30)27(22)12-15-5-4-8-32-15/h4-11,22,28H,3,12H2,1-2H3/t22-/m0/s1. The van der Waals surface area contributed by atoms with Gasteiger partial charge >= 0.3 is 0 Å². The Morgan fingerprint density at radius 1 is 1.18 bits per heavy atom. The van der Waals surface area contributed by atoms with E-state index in [1.165, 1.54) is 17.2 Å². The molecule has 168 valence electrons. The maximum Gasteiger partial charge on any atom is 0.291 e. The Morgan fingerprint density at radius 2 is 2.00 bits per heavy atom. The molecule has 0 spiro atoms. The molecule has 1 atom stereocenters. The number of ether oxygens (including phenoxy) is 1. The molecule has 33 heavy (non-hydrogen) atoms. The molecule has 0 saturated carbocycles. The van der Waals surface area contributed by atoms with Gasteiger partial charge in [0.1, 0.15) is 11.3 Å². The summed E-state index contributed by atoms with van der Waals surface area (Å²) in [6.07, 6.45) is 1.52. The molecule has 0 radical (unpaired) electrons. The lowest BCUT2D eigenvalue weighted by Gasteiger charge is -2.24. The zero-order valence-electron chi connectivity index (χ0n) is 17.9. The summed E-state index contributed by atoms with van der Waals surface area (Å²) >= 11 is 6.27. The zero-order chi connectivity index (χ0) is 23.3. The predicted molar refractivity (Wildman–Crippen MR) is 122 cm³/mol. The average molecular weight is 466 g/mol. The van der Waals surface area contributed by atoms with Crippen LogP contribution in [0.15, 0.2) is 62.4 Å². The van der Waals surface area contributed by atoms with Gasteiger partial charge in [0.05, 0.1) is 36.4 Å². The number of aryl methyl sites for hydroxylation is 1. The van der Waals surface area contributed by atoms with Crippen LogP contribution in [0.25, 0.3) is 11.0 Å². The second kappa shape index (κ2) is 8.01. The number of hydrogen-bond donors (Lipinski definition) is 1. The quantitative estimate of drug-likeness (QED) is 0.435. The summed E-state index contributed by atoms with van der Waals surface area (Å²) in [7, 11) is 0. The van der Waals surface area contributed by atoms with Gasteiger partial charge in [0.15, 0.2) is 16.9 Å². The lowest BCUT2D eigenvalue weighted by atomic mass is 9.97. The number of fused-ring (bicyclic) bond motifs is 2. The van der Waals surface area contributed by atoms with Gasteiger partial charge in [-0.05, 0) is 61.4 Å². The molecule has 0 bridgehead atoms. The Labute approximate surface area is 193 Å². The van der Waals surface area contributed by atoms with E-state index in [0.717, 1.165) is 5.56 Å². The molecule has 2 aromatic carbocycles. The molecule has 2 aromatic heterocycles. The maximum atomic E-state index is 13.6. The van der Waals surface area contributed by atoms with Gasteiger partial charge < -0.3 is 23.6 Å². The van der Waals surface area contributed by atoms with Gasteiger partial charge in [0.25, 0.3) is 5.91 Å². The van der Waals surface area contributed by atoms with E-state index in [4.69, 9.17) is 25.2 Å². The van der Waals surface area contributed by atoms with Crippen molar-refractivity contribution in [3.63, 3.8) is 0 Å². The summed E-state index contributed by atoms with van der Waals surface area (Å²) in [6, 6.07) is 10.7. The van der Waals surface area contributed by atoms with Crippen molar-refractivity contribution in [3.8, 4) is 11.5 Å². The molecule has 1 aliphatic rings. The molecule has 0 fully saturated rings. The van der Waals surface area contributed by atoms with Gasteiger partial charge in [-0.2, -0.15) is 0 Å². The number of rotatable bonds is 5. The van der Waals surface area contributed by atoms with E-state index in [1.54, 1.807) is 50.2 Å². The molecule has 4 aromatic rings. The fourth-order valence-electron chi connectivity index (χ4n) is 4.19. The topological polar surface area (TPSA) is 93.1 Å². The van der Waals surface area contributed by atoms with Crippen molar-refractivity contribution in [1.29, 1.82) is 0 Å². The summed E-state index contributed by atoms with van der Waals surface area (Å²) in [4.78, 5) is 28.6. The average Bonchev–Trinajstić information content (AvgIpc) is 3.39. The van der Waals surface area contributed by atoms with Crippen LogP contribution < -0.4 is 10.2 Å². The number of phenolic OH excluding ortho intramolecular Hbond substituents is 1. The van der Waals surface area contributed by atoms with Crippen molar-refractivity contribution in [2.75, 3.05) is 6.61 Å². The van der Waals surface area contributed by atoms with E-state index in [-0.39, 0.29) is 34.8 Å². The third-order valence-corrected chi connectivity index (χ3v) is 6.16. The number of benzene rings is 2. The Balaban J connectivity index is 1.75. The van der Waals surface area contributed by atoms with Crippen LogP contribution in [-0.4, -0.2) is 22.5 Å². The van der Waals surface area contributed by atoms with E-state index < -0.39 is 11.9 Å². The van der Waals surface area contributed by atoms with Crippen LogP contribution in [0.4, 0.5) is 0 Å². The van der Waals surface area contributed by atoms with Crippen LogP contribution in [0.3, 0.4) is 0 Å². The fourth-order valence-corrected chi connectivity index (χ4v) is 4.36. The first-order valence-corrected chi connectivity index (χ1v) is 10.8. The Hall–Kier alpha value is -3.71. The summed E-state index contributed by atoms with van der Waals surface area (Å²) in [5, 5.41) is 10.9. The lowest BCUT2D eigenvalue weighted by molar-refractivity contribution is 0.0701. The first kappa shape index (κ1) is 21.2. The number of furan rings is 1. The number of amides is 1. The van der Waals surface area contributed by atoms with Crippen LogP contribution in [-0.2, 0) is 6.54 Å². The Kier molecular flexibility index (Phi) is 5.13. The molecule has 5 rings (SSSR count). The van der Waals surface area contributed by atoms with Gasteiger partial charge in [0, 0.05) is 5.02 Å². The highest BCUT2D eigenvalue weighted by atomic mass is 35.5. The van der Waals surface area contributed by atoms with Gasteiger partial charge in [-0.15, -0.1) is 0 Å². The van der Waals surface area contributed by atoms with Crippen molar-refractivity contribution < 1.29 is 23.5 Å². The third-order valence-electron chi connectivity index (χ3n) is 5.75. The minimum atomic E-state index is -0.766. The summed E-state index contributed by atoms with van der Waals surface area (Å²) in [6.45, 7) is 4.07. The lowest BCUT2D eigenvalue weighted by Crippen LogP contribution is -2.29. The summed E-state index contributed by atoms with van der Waals surface area (Å²) < 4.78 is 17.0. The minimum Gasteiger partial charge on any atom is -0.504 e. The molecule has 1 N–H and O–H groups in total. The van der Waals surface area contributed by atoms with Crippen molar-refractivity contribution in [2.45, 2.75) is 26.4 Å². The molecule has 0 unspecified atom stereocenters. The van der Waals surface area contributed by atoms with Gasteiger partial charge in [-0.3, -0.25) is 9.59 Å². The van der Waals surface area contributed by atoms with Gasteiger partial charge in [-0.1, -0.05) is 17.7 Å². The smallest absolute Gasteiger partial charge is 0.291 e. The highest BCUT2D eigenvalue weighted by molar-refractivity contribution is 6.32. The number of nitrogens with zero attached hydrogens (tertiary/aromatic N) is 1. The molecule has 1 aliphatic heterocycles. The predicted octanol–water partition coefficient (Wildman–Crippen LogP) is 5.20. The fraction of sp³-hybridized carbons (Fsp3) is 0.200. The first-order valence-electron chi connectivity index (χ1n) is 10.4. The van der Waals surface area contributed by atoms with Crippen molar-refractivity contribution in [3.05, 3.63) is 92.2 Å². The zero-order valence-corrected chi connectivity index (χ0v) is 18.7. The number of carbonyl (C=O) groups excluding carboxylic acids is 1. The van der Waals surface area contributed by atoms with E-state index in [9.17, 15) is 14.7 Å². The maximum absolute atomic E-state index is 13.6. The number of aromatic hydroxyl groups is 1. The molecule has 1 amide bonds. The van der Waals surface area contributed by atoms with Crippen LogP contribution in [0.2, 0.25) is 5.02 Å². The summed E-state index contributed by atoms with van der Waals surface area (Å²) in [5.41, 5.74) is 1.52. The Bertz CT molecular complexity index is 1440. The number of phenols is 1. The first-order chi connectivity index (χ1) is 15.9. The minimum absolute atomic E-state index is 0.0168. The molecule has 0 aliphatic carbocycles.